The van der Waals surface area contributed by atoms with Crippen LogP contribution in [0.5, 0.6) is 0 Å². The minimum atomic E-state index is -0.0290. The van der Waals surface area contributed by atoms with Gasteiger partial charge in [-0.15, -0.1) is 0 Å². The Morgan fingerprint density at radius 1 is 1.31 bits per heavy atom. The highest BCUT2D eigenvalue weighted by Crippen LogP contribution is 2.26. The molecule has 0 fully saturated rings. The molecule has 0 amide bonds. The molecule has 88 valence electrons. The molecule has 1 aromatic rings. The van der Waals surface area contributed by atoms with Crippen LogP contribution in [0.25, 0.3) is 0 Å². The largest absolute Gasteiger partial charge is 0.299 e. The van der Waals surface area contributed by atoms with Crippen molar-refractivity contribution in [1.82, 2.24) is 4.90 Å². The predicted octanol–water partition coefficient (Wildman–Crippen LogP) is 3.33. The molecule has 1 nitrogen and oxygen atoms in total. The van der Waals surface area contributed by atoms with Crippen molar-refractivity contribution in [3.05, 3.63) is 34.6 Å². The zero-order valence-corrected chi connectivity index (χ0v) is 10.4. The second-order valence-electron chi connectivity index (χ2n) is 4.92. The van der Waals surface area contributed by atoms with Gasteiger partial charge in [0, 0.05) is 13.1 Å². The van der Waals surface area contributed by atoms with E-state index >= 15 is 0 Å². The Kier molecular flexibility index (Phi) is 3.29. The van der Waals surface area contributed by atoms with E-state index in [1.165, 1.54) is 11.1 Å². The summed E-state index contributed by atoms with van der Waals surface area (Å²) in [5.41, 5.74) is 3.38. The summed E-state index contributed by atoms with van der Waals surface area (Å²) in [6.07, 6.45) is 0.985. The van der Waals surface area contributed by atoms with Crippen LogP contribution in [0.15, 0.2) is 12.1 Å². The number of rotatable bonds is 2. The average molecular weight is 221 g/mol. The summed E-state index contributed by atoms with van der Waals surface area (Å²) in [4.78, 5) is 2.41. The first-order chi connectivity index (χ1) is 7.61. The maximum absolute atomic E-state index is 13.8. The lowest BCUT2D eigenvalue weighted by Crippen LogP contribution is -2.30. The zero-order valence-electron chi connectivity index (χ0n) is 10.4. The average Bonchev–Trinajstić information content (AvgIpc) is 2.27. The monoisotopic (exact) mass is 221 g/mol. The fraction of sp³-hybridized carbons (Fsp3) is 0.571. The molecular weight excluding hydrogens is 201 g/mol. The summed E-state index contributed by atoms with van der Waals surface area (Å²) in [5, 5.41) is 0. The molecule has 1 heterocycles. The molecule has 2 heteroatoms. The van der Waals surface area contributed by atoms with Gasteiger partial charge in [-0.2, -0.15) is 0 Å². The van der Waals surface area contributed by atoms with E-state index in [-0.39, 0.29) is 11.7 Å². The minimum Gasteiger partial charge on any atom is -0.299 e. The SMILES string of the molecule is CCN1CCc2cc(F)c(C(C)C)cc2C1. The second kappa shape index (κ2) is 4.54. The number of nitrogens with zero attached hydrogens (tertiary/aromatic N) is 1. The number of halogens is 1. The maximum atomic E-state index is 13.8. The van der Waals surface area contributed by atoms with Gasteiger partial charge in [0.15, 0.2) is 0 Å². The van der Waals surface area contributed by atoms with E-state index in [0.717, 1.165) is 31.6 Å². The standard InChI is InChI=1S/C14H20FN/c1-4-16-6-5-11-8-14(15)13(10(2)3)7-12(11)9-16/h7-8,10H,4-6,9H2,1-3H3. The first kappa shape index (κ1) is 11.6. The zero-order chi connectivity index (χ0) is 11.7. The Morgan fingerprint density at radius 3 is 2.69 bits per heavy atom. The Balaban J connectivity index is 2.36. The summed E-state index contributed by atoms with van der Waals surface area (Å²) < 4.78 is 13.8. The fourth-order valence-corrected chi connectivity index (χ4v) is 2.37. The second-order valence-corrected chi connectivity index (χ2v) is 4.92. The Morgan fingerprint density at radius 2 is 2.06 bits per heavy atom. The molecule has 0 aliphatic carbocycles. The van der Waals surface area contributed by atoms with Crippen molar-refractivity contribution < 1.29 is 4.39 Å². The van der Waals surface area contributed by atoms with E-state index in [1.54, 1.807) is 6.07 Å². The number of hydrogen-bond donors (Lipinski definition) is 0. The Bertz CT molecular complexity index is 385. The lowest BCUT2D eigenvalue weighted by atomic mass is 9.93. The van der Waals surface area contributed by atoms with E-state index in [0.29, 0.717) is 0 Å². The Hall–Kier alpha value is -0.890. The van der Waals surface area contributed by atoms with Gasteiger partial charge in [0.2, 0.25) is 0 Å². The molecule has 1 aliphatic heterocycles. The molecule has 1 aromatic carbocycles. The van der Waals surface area contributed by atoms with E-state index in [1.807, 2.05) is 13.8 Å². The third-order valence-electron chi connectivity index (χ3n) is 3.48. The molecule has 0 aromatic heterocycles. The highest BCUT2D eigenvalue weighted by Gasteiger charge is 2.18. The van der Waals surface area contributed by atoms with Gasteiger partial charge in [-0.3, -0.25) is 4.90 Å². The maximum Gasteiger partial charge on any atom is 0.126 e. The van der Waals surface area contributed by atoms with E-state index in [9.17, 15) is 4.39 Å². The molecule has 0 atom stereocenters. The van der Waals surface area contributed by atoms with Gasteiger partial charge in [0.25, 0.3) is 0 Å². The van der Waals surface area contributed by atoms with E-state index in [4.69, 9.17) is 0 Å². The molecule has 0 unspecified atom stereocenters. The van der Waals surface area contributed by atoms with Gasteiger partial charge in [0.1, 0.15) is 5.82 Å². The summed E-state index contributed by atoms with van der Waals surface area (Å²) in [6.45, 7) is 9.39. The highest BCUT2D eigenvalue weighted by atomic mass is 19.1. The van der Waals surface area contributed by atoms with Crippen LogP contribution in [0.3, 0.4) is 0 Å². The molecule has 0 saturated heterocycles. The van der Waals surface area contributed by atoms with Crippen LogP contribution in [0, 0.1) is 5.82 Å². The summed E-state index contributed by atoms with van der Waals surface area (Å²) in [7, 11) is 0. The molecule has 1 aliphatic rings. The van der Waals surface area contributed by atoms with Crippen LogP contribution in [0.1, 0.15) is 43.4 Å². The van der Waals surface area contributed by atoms with E-state index in [2.05, 4.69) is 17.9 Å². The van der Waals surface area contributed by atoms with Crippen molar-refractivity contribution in [1.29, 1.82) is 0 Å². The molecule has 0 bridgehead atoms. The van der Waals surface area contributed by atoms with Crippen LogP contribution in [-0.4, -0.2) is 18.0 Å². The summed E-state index contributed by atoms with van der Waals surface area (Å²) in [5.74, 6) is 0.237. The van der Waals surface area contributed by atoms with Crippen LogP contribution < -0.4 is 0 Å². The van der Waals surface area contributed by atoms with Gasteiger partial charge in [-0.1, -0.05) is 26.8 Å². The van der Waals surface area contributed by atoms with Crippen LogP contribution in [0.2, 0.25) is 0 Å². The summed E-state index contributed by atoms with van der Waals surface area (Å²) >= 11 is 0. The van der Waals surface area contributed by atoms with Crippen molar-refractivity contribution in [3.63, 3.8) is 0 Å². The minimum absolute atomic E-state index is 0.0290. The number of hydrogen-bond acceptors (Lipinski definition) is 1. The van der Waals surface area contributed by atoms with Gasteiger partial charge in [0.05, 0.1) is 0 Å². The first-order valence-electron chi connectivity index (χ1n) is 6.15. The van der Waals surface area contributed by atoms with Gasteiger partial charge < -0.3 is 0 Å². The normalized spacial score (nSPS) is 16.6. The van der Waals surface area contributed by atoms with Crippen molar-refractivity contribution in [3.8, 4) is 0 Å². The number of benzene rings is 1. The molecule has 0 N–H and O–H groups in total. The number of likely N-dealkylation sites (N-methyl/N-ethyl adjacent to an activating group) is 1. The topological polar surface area (TPSA) is 3.24 Å². The lowest BCUT2D eigenvalue weighted by molar-refractivity contribution is 0.267. The fourth-order valence-electron chi connectivity index (χ4n) is 2.37. The predicted molar refractivity (Wildman–Crippen MR) is 65.1 cm³/mol. The molecule has 0 radical (unpaired) electrons. The van der Waals surface area contributed by atoms with Gasteiger partial charge in [-0.05, 0) is 41.6 Å². The molecular formula is C14H20FN. The summed E-state index contributed by atoms with van der Waals surface area (Å²) in [6, 6.07) is 3.81. The smallest absolute Gasteiger partial charge is 0.126 e. The highest BCUT2D eigenvalue weighted by molar-refractivity contribution is 5.36. The Labute approximate surface area is 97.3 Å². The van der Waals surface area contributed by atoms with Crippen molar-refractivity contribution in [2.75, 3.05) is 13.1 Å². The molecule has 0 spiro atoms. The molecule has 2 rings (SSSR count). The number of fused-ring (bicyclic) bond motifs is 1. The van der Waals surface area contributed by atoms with Crippen LogP contribution in [0.4, 0.5) is 4.39 Å². The van der Waals surface area contributed by atoms with Gasteiger partial charge in [-0.25, -0.2) is 4.39 Å². The van der Waals surface area contributed by atoms with Crippen LogP contribution >= 0.6 is 0 Å². The van der Waals surface area contributed by atoms with Crippen molar-refractivity contribution in [2.45, 2.75) is 39.7 Å². The van der Waals surface area contributed by atoms with E-state index < -0.39 is 0 Å². The van der Waals surface area contributed by atoms with Crippen molar-refractivity contribution in [2.24, 2.45) is 0 Å². The van der Waals surface area contributed by atoms with Gasteiger partial charge >= 0.3 is 0 Å². The first-order valence-corrected chi connectivity index (χ1v) is 6.15. The third-order valence-corrected chi connectivity index (χ3v) is 3.48. The lowest BCUT2D eigenvalue weighted by Gasteiger charge is -2.28. The molecule has 0 saturated carbocycles. The third kappa shape index (κ3) is 2.12. The quantitative estimate of drug-likeness (QED) is 0.740. The van der Waals surface area contributed by atoms with Crippen molar-refractivity contribution >= 4 is 0 Å². The van der Waals surface area contributed by atoms with Crippen LogP contribution in [-0.2, 0) is 13.0 Å². The molecule has 16 heavy (non-hydrogen) atoms.